The molecule has 0 bridgehead atoms. The molecule has 1 aromatic carbocycles. The third-order valence-corrected chi connectivity index (χ3v) is 4.08. The Morgan fingerprint density at radius 2 is 2.00 bits per heavy atom. The number of aromatic nitrogens is 2. The van der Waals surface area contributed by atoms with E-state index in [4.69, 9.17) is 16.3 Å². The van der Waals surface area contributed by atoms with Crippen LogP contribution in [-0.2, 0) is 20.1 Å². The monoisotopic (exact) mass is 307 g/mol. The molecule has 0 spiro atoms. The molecular weight excluding hydrogens is 286 g/mol. The lowest BCUT2D eigenvalue weighted by atomic mass is 10.1. The van der Waals surface area contributed by atoms with Crippen LogP contribution in [0.2, 0.25) is 5.15 Å². The van der Waals surface area contributed by atoms with E-state index in [1.807, 2.05) is 33.2 Å². The molecule has 0 aliphatic rings. The molecule has 0 saturated carbocycles. The third-order valence-electron chi connectivity index (χ3n) is 3.61. The summed E-state index contributed by atoms with van der Waals surface area (Å²) in [5.41, 5.74) is 3.13. The first kappa shape index (κ1) is 15.9. The number of aryl methyl sites for hydroxylation is 2. The molecule has 4 nitrogen and oxygen atoms in total. The second-order valence-corrected chi connectivity index (χ2v) is 5.66. The van der Waals surface area contributed by atoms with Crippen molar-refractivity contribution in [3.63, 3.8) is 0 Å². The summed E-state index contributed by atoms with van der Waals surface area (Å²) in [5, 5.41) is 8.14. The molecule has 1 heterocycles. The van der Waals surface area contributed by atoms with Gasteiger partial charge in [0.1, 0.15) is 17.5 Å². The lowest BCUT2D eigenvalue weighted by Crippen LogP contribution is -2.23. The quantitative estimate of drug-likeness (QED) is 0.891. The van der Waals surface area contributed by atoms with Crippen LogP contribution in [0.15, 0.2) is 24.3 Å². The van der Waals surface area contributed by atoms with Gasteiger partial charge in [0.2, 0.25) is 0 Å². The number of halogens is 1. The zero-order valence-corrected chi connectivity index (χ0v) is 13.7. The van der Waals surface area contributed by atoms with E-state index in [2.05, 4.69) is 29.5 Å². The second kappa shape index (κ2) is 6.96. The van der Waals surface area contributed by atoms with Crippen molar-refractivity contribution in [2.24, 2.45) is 7.05 Å². The number of rotatable bonds is 6. The number of nitrogens with one attached hydrogen (secondary N) is 1. The van der Waals surface area contributed by atoms with Crippen LogP contribution < -0.4 is 10.1 Å². The van der Waals surface area contributed by atoms with Crippen molar-refractivity contribution in [1.82, 2.24) is 15.1 Å². The van der Waals surface area contributed by atoms with E-state index in [1.54, 1.807) is 4.68 Å². The maximum atomic E-state index is 6.19. The molecule has 0 aliphatic heterocycles. The molecule has 2 rings (SSSR count). The lowest BCUT2D eigenvalue weighted by Gasteiger charge is -2.11. The Balaban J connectivity index is 1.97. The highest BCUT2D eigenvalue weighted by molar-refractivity contribution is 6.30. The van der Waals surface area contributed by atoms with Crippen LogP contribution in [0.4, 0.5) is 0 Å². The van der Waals surface area contributed by atoms with E-state index in [0.29, 0.717) is 17.8 Å². The number of likely N-dealkylation sites (N-methyl/N-ethyl adjacent to an activating group) is 1. The Hall–Kier alpha value is -1.52. The summed E-state index contributed by atoms with van der Waals surface area (Å²) < 4.78 is 7.46. The molecular formula is C16H22ClN3O. The highest BCUT2D eigenvalue weighted by atomic mass is 35.5. The molecule has 2 aromatic rings. The Morgan fingerprint density at radius 1 is 1.33 bits per heavy atom. The lowest BCUT2D eigenvalue weighted by molar-refractivity contribution is 0.305. The topological polar surface area (TPSA) is 39.1 Å². The van der Waals surface area contributed by atoms with Crippen LogP contribution in [0.25, 0.3) is 0 Å². The highest BCUT2D eigenvalue weighted by Crippen LogP contribution is 2.21. The van der Waals surface area contributed by atoms with Crippen LogP contribution in [0, 0.1) is 6.92 Å². The molecule has 5 heteroatoms. The van der Waals surface area contributed by atoms with Gasteiger partial charge in [0.05, 0.1) is 5.69 Å². The summed E-state index contributed by atoms with van der Waals surface area (Å²) in [6.07, 6.45) is 1.00. The summed E-state index contributed by atoms with van der Waals surface area (Å²) >= 11 is 6.19. The van der Waals surface area contributed by atoms with E-state index in [9.17, 15) is 0 Å². The van der Waals surface area contributed by atoms with Gasteiger partial charge < -0.3 is 10.1 Å². The molecule has 0 fully saturated rings. The molecule has 1 unspecified atom stereocenters. The van der Waals surface area contributed by atoms with Crippen molar-refractivity contribution in [3.05, 3.63) is 46.2 Å². The van der Waals surface area contributed by atoms with Gasteiger partial charge in [-0.15, -0.1) is 0 Å². The summed E-state index contributed by atoms with van der Waals surface area (Å²) in [6, 6.07) is 8.66. The van der Waals surface area contributed by atoms with Crippen LogP contribution in [-0.4, -0.2) is 22.9 Å². The van der Waals surface area contributed by atoms with E-state index >= 15 is 0 Å². The molecule has 1 atom stereocenters. The van der Waals surface area contributed by atoms with Gasteiger partial charge in [0.15, 0.2) is 0 Å². The number of nitrogens with zero attached hydrogens (tertiary/aromatic N) is 2. The average Bonchev–Trinajstić information content (AvgIpc) is 2.71. The summed E-state index contributed by atoms with van der Waals surface area (Å²) in [6.45, 7) is 4.54. The molecule has 1 aromatic heterocycles. The van der Waals surface area contributed by atoms with Gasteiger partial charge in [0.25, 0.3) is 0 Å². The Kier molecular flexibility index (Phi) is 5.26. The van der Waals surface area contributed by atoms with Crippen molar-refractivity contribution in [2.45, 2.75) is 32.9 Å². The molecule has 1 N–H and O–H groups in total. The normalized spacial score (nSPS) is 12.4. The molecule has 21 heavy (non-hydrogen) atoms. The van der Waals surface area contributed by atoms with Gasteiger partial charge in [0, 0.05) is 18.7 Å². The molecule has 0 amide bonds. The van der Waals surface area contributed by atoms with Crippen molar-refractivity contribution in [3.8, 4) is 5.75 Å². The Bertz CT molecular complexity index is 592. The minimum atomic E-state index is 0.435. The molecule has 0 radical (unpaired) electrons. The number of ether oxygens (including phenoxy) is 1. The van der Waals surface area contributed by atoms with Gasteiger partial charge in [-0.25, -0.2) is 0 Å². The van der Waals surface area contributed by atoms with E-state index in [-0.39, 0.29) is 0 Å². The first-order valence-electron chi connectivity index (χ1n) is 7.08. The van der Waals surface area contributed by atoms with Crippen LogP contribution in [0.1, 0.15) is 23.7 Å². The first-order valence-corrected chi connectivity index (χ1v) is 7.46. The zero-order chi connectivity index (χ0) is 15.4. The molecule has 0 saturated heterocycles. The number of benzene rings is 1. The van der Waals surface area contributed by atoms with Gasteiger partial charge in [-0.2, -0.15) is 5.10 Å². The van der Waals surface area contributed by atoms with Crippen molar-refractivity contribution < 1.29 is 4.74 Å². The zero-order valence-electron chi connectivity index (χ0n) is 13.0. The predicted molar refractivity (Wildman–Crippen MR) is 86.0 cm³/mol. The van der Waals surface area contributed by atoms with Gasteiger partial charge in [-0.1, -0.05) is 23.7 Å². The summed E-state index contributed by atoms with van der Waals surface area (Å²) in [4.78, 5) is 0. The summed E-state index contributed by atoms with van der Waals surface area (Å²) in [5.74, 6) is 0.843. The predicted octanol–water partition coefficient (Wildman–Crippen LogP) is 3.11. The van der Waals surface area contributed by atoms with E-state index < -0.39 is 0 Å². The SMILES string of the molecule is CNC(C)Cc1ccc(OCc2c(C)nn(C)c2Cl)cc1. The van der Waals surface area contributed by atoms with Crippen LogP contribution in [0.3, 0.4) is 0 Å². The fourth-order valence-electron chi connectivity index (χ4n) is 2.17. The average molecular weight is 308 g/mol. The van der Waals surface area contributed by atoms with Crippen molar-refractivity contribution in [1.29, 1.82) is 0 Å². The Morgan fingerprint density at radius 3 is 2.52 bits per heavy atom. The van der Waals surface area contributed by atoms with Gasteiger partial charge >= 0.3 is 0 Å². The van der Waals surface area contributed by atoms with Crippen molar-refractivity contribution in [2.75, 3.05) is 7.05 Å². The van der Waals surface area contributed by atoms with Crippen LogP contribution in [0.5, 0.6) is 5.75 Å². The summed E-state index contributed by atoms with van der Waals surface area (Å²) in [7, 11) is 3.80. The number of hydrogen-bond acceptors (Lipinski definition) is 3. The molecule has 114 valence electrons. The van der Waals surface area contributed by atoms with E-state index in [1.165, 1.54) is 5.56 Å². The first-order chi connectivity index (χ1) is 10.0. The molecule has 0 aliphatic carbocycles. The van der Waals surface area contributed by atoms with Gasteiger partial charge in [-0.05, 0) is 45.0 Å². The minimum Gasteiger partial charge on any atom is -0.489 e. The van der Waals surface area contributed by atoms with E-state index in [0.717, 1.165) is 23.4 Å². The largest absolute Gasteiger partial charge is 0.489 e. The smallest absolute Gasteiger partial charge is 0.133 e. The van der Waals surface area contributed by atoms with Gasteiger partial charge in [-0.3, -0.25) is 4.68 Å². The van der Waals surface area contributed by atoms with Crippen molar-refractivity contribution >= 4 is 11.6 Å². The number of hydrogen-bond donors (Lipinski definition) is 1. The third kappa shape index (κ3) is 3.99. The minimum absolute atomic E-state index is 0.435. The maximum Gasteiger partial charge on any atom is 0.133 e. The maximum absolute atomic E-state index is 6.19. The fraction of sp³-hybridized carbons (Fsp3) is 0.438. The highest BCUT2D eigenvalue weighted by Gasteiger charge is 2.11. The second-order valence-electron chi connectivity index (χ2n) is 5.30. The van der Waals surface area contributed by atoms with Crippen LogP contribution >= 0.6 is 11.6 Å². The Labute approximate surface area is 131 Å². The standard InChI is InChI=1S/C16H22ClN3O/c1-11(18-3)9-13-5-7-14(8-6-13)21-10-15-12(2)19-20(4)16(15)17/h5-8,11,18H,9-10H2,1-4H3. The fourth-order valence-corrected chi connectivity index (χ4v) is 2.40.